The molecule has 0 saturated carbocycles. The van der Waals surface area contributed by atoms with Crippen molar-refractivity contribution in [2.75, 3.05) is 0 Å². The molecule has 0 unspecified atom stereocenters. The Morgan fingerprint density at radius 3 is 2.53 bits per heavy atom. The molecular formula is C9H5BrClN3O. The summed E-state index contributed by atoms with van der Waals surface area (Å²) in [6.07, 6.45) is 6.26. The molecule has 4 nitrogen and oxygen atoms in total. The highest BCUT2D eigenvalue weighted by molar-refractivity contribution is 9.10. The summed E-state index contributed by atoms with van der Waals surface area (Å²) in [7, 11) is 0. The molecule has 2 aromatic rings. The number of nitrogens with zero attached hydrogens (tertiary/aromatic N) is 3. The van der Waals surface area contributed by atoms with E-state index in [4.69, 9.17) is 16.3 Å². The summed E-state index contributed by atoms with van der Waals surface area (Å²) >= 11 is 8.97. The fraction of sp³-hybridized carbons (Fsp3) is 0. The van der Waals surface area contributed by atoms with E-state index in [9.17, 15) is 0 Å². The molecule has 0 radical (unpaired) electrons. The number of hydrogen-bond donors (Lipinski definition) is 0. The topological polar surface area (TPSA) is 47.9 Å². The molecule has 76 valence electrons. The van der Waals surface area contributed by atoms with E-state index in [1.54, 1.807) is 18.5 Å². The molecule has 0 amide bonds. The smallest absolute Gasteiger partial charge is 0.321 e. The molecule has 2 heterocycles. The van der Waals surface area contributed by atoms with Crippen LogP contribution in [0.1, 0.15) is 0 Å². The van der Waals surface area contributed by atoms with Gasteiger partial charge in [-0.2, -0.15) is 0 Å². The minimum Gasteiger partial charge on any atom is -0.423 e. The Morgan fingerprint density at radius 1 is 1.13 bits per heavy atom. The van der Waals surface area contributed by atoms with E-state index in [0.29, 0.717) is 10.8 Å². The van der Waals surface area contributed by atoms with Gasteiger partial charge < -0.3 is 4.74 Å². The Labute approximate surface area is 99.4 Å². The summed E-state index contributed by atoms with van der Waals surface area (Å²) in [6.45, 7) is 0. The molecule has 0 aliphatic heterocycles. The molecule has 15 heavy (non-hydrogen) atoms. The Hall–Kier alpha value is -1.20. The summed E-state index contributed by atoms with van der Waals surface area (Å²) in [5.41, 5.74) is 0. The van der Waals surface area contributed by atoms with Gasteiger partial charge in [0.2, 0.25) is 0 Å². The van der Waals surface area contributed by atoms with E-state index in [1.165, 1.54) is 12.4 Å². The van der Waals surface area contributed by atoms with Gasteiger partial charge in [-0.3, -0.25) is 4.98 Å². The van der Waals surface area contributed by atoms with Crippen LogP contribution < -0.4 is 4.74 Å². The maximum Gasteiger partial charge on any atom is 0.321 e. The number of pyridine rings is 1. The molecular weight excluding hydrogens is 281 g/mol. The van der Waals surface area contributed by atoms with Gasteiger partial charge in [0.1, 0.15) is 0 Å². The highest BCUT2D eigenvalue weighted by Crippen LogP contribution is 2.20. The number of hydrogen-bond acceptors (Lipinski definition) is 4. The van der Waals surface area contributed by atoms with Crippen molar-refractivity contribution < 1.29 is 4.74 Å². The zero-order valence-corrected chi connectivity index (χ0v) is 9.73. The SMILES string of the molecule is Clc1cncc(Oc2ncc(Br)cn2)c1. The Bertz CT molecular complexity index is 463. The van der Waals surface area contributed by atoms with Crippen molar-refractivity contribution in [1.82, 2.24) is 15.0 Å². The minimum absolute atomic E-state index is 0.252. The van der Waals surface area contributed by atoms with Crippen LogP contribution in [0.2, 0.25) is 5.02 Å². The van der Waals surface area contributed by atoms with Crippen LogP contribution >= 0.6 is 27.5 Å². The maximum absolute atomic E-state index is 5.75. The predicted octanol–water partition coefficient (Wildman–Crippen LogP) is 3.08. The number of halogens is 2. The monoisotopic (exact) mass is 285 g/mol. The summed E-state index contributed by atoms with van der Waals surface area (Å²) < 4.78 is 6.11. The third-order valence-corrected chi connectivity index (χ3v) is 2.10. The second-order valence-electron chi connectivity index (χ2n) is 2.62. The normalized spacial score (nSPS) is 10.0. The van der Waals surface area contributed by atoms with Gasteiger partial charge in [0.25, 0.3) is 0 Å². The molecule has 0 aliphatic carbocycles. The van der Waals surface area contributed by atoms with Crippen molar-refractivity contribution in [2.24, 2.45) is 0 Å². The van der Waals surface area contributed by atoms with E-state index in [-0.39, 0.29) is 6.01 Å². The van der Waals surface area contributed by atoms with Crippen molar-refractivity contribution in [3.8, 4) is 11.8 Å². The van der Waals surface area contributed by atoms with Crippen molar-refractivity contribution in [1.29, 1.82) is 0 Å². The lowest BCUT2D eigenvalue weighted by Gasteiger charge is -2.02. The van der Waals surface area contributed by atoms with Gasteiger partial charge in [0.05, 0.1) is 15.7 Å². The lowest BCUT2D eigenvalue weighted by atomic mass is 10.5. The van der Waals surface area contributed by atoms with Crippen LogP contribution in [0.15, 0.2) is 35.3 Å². The van der Waals surface area contributed by atoms with E-state index in [1.807, 2.05) is 0 Å². The molecule has 0 spiro atoms. The maximum atomic E-state index is 5.75. The Morgan fingerprint density at radius 2 is 1.87 bits per heavy atom. The second-order valence-corrected chi connectivity index (χ2v) is 3.98. The largest absolute Gasteiger partial charge is 0.423 e. The second kappa shape index (κ2) is 4.55. The number of aromatic nitrogens is 3. The standard InChI is InChI=1S/C9H5BrClN3O/c10-6-2-13-9(14-3-6)15-8-1-7(11)4-12-5-8/h1-5H. The van der Waals surface area contributed by atoms with Crippen molar-refractivity contribution >= 4 is 27.5 Å². The number of ether oxygens (including phenoxy) is 1. The molecule has 0 aromatic carbocycles. The molecule has 0 fully saturated rings. The van der Waals surface area contributed by atoms with Gasteiger partial charge in [-0.15, -0.1) is 0 Å². The van der Waals surface area contributed by atoms with Gasteiger partial charge in [-0.25, -0.2) is 9.97 Å². The van der Waals surface area contributed by atoms with Crippen LogP contribution in [0.25, 0.3) is 0 Å². The van der Waals surface area contributed by atoms with Crippen LogP contribution in [0.3, 0.4) is 0 Å². The van der Waals surface area contributed by atoms with Crippen LogP contribution in [-0.4, -0.2) is 15.0 Å². The molecule has 0 N–H and O–H groups in total. The van der Waals surface area contributed by atoms with Gasteiger partial charge in [-0.05, 0) is 15.9 Å². The first kappa shape index (κ1) is 10.3. The summed E-state index contributed by atoms with van der Waals surface area (Å²) in [6, 6.07) is 1.89. The van der Waals surface area contributed by atoms with Crippen LogP contribution in [0.5, 0.6) is 11.8 Å². The Balaban J connectivity index is 2.18. The zero-order chi connectivity index (χ0) is 10.7. The fourth-order valence-electron chi connectivity index (χ4n) is 0.907. The molecule has 2 aromatic heterocycles. The van der Waals surface area contributed by atoms with E-state index < -0.39 is 0 Å². The van der Waals surface area contributed by atoms with E-state index in [0.717, 1.165) is 4.47 Å². The zero-order valence-electron chi connectivity index (χ0n) is 7.39. The van der Waals surface area contributed by atoms with Gasteiger partial charge in [-0.1, -0.05) is 11.6 Å². The van der Waals surface area contributed by atoms with Crippen molar-refractivity contribution in [3.05, 3.63) is 40.3 Å². The lowest BCUT2D eigenvalue weighted by Crippen LogP contribution is -1.91. The molecule has 6 heteroatoms. The molecule has 0 saturated heterocycles. The first-order valence-corrected chi connectivity index (χ1v) is 5.17. The third kappa shape index (κ3) is 2.87. The van der Waals surface area contributed by atoms with Crippen molar-refractivity contribution in [2.45, 2.75) is 0 Å². The average Bonchev–Trinajstić information content (AvgIpc) is 2.22. The first-order valence-electron chi connectivity index (χ1n) is 4.00. The predicted molar refractivity (Wildman–Crippen MR) is 59.1 cm³/mol. The molecule has 0 atom stereocenters. The lowest BCUT2D eigenvalue weighted by molar-refractivity contribution is 0.439. The minimum atomic E-state index is 0.252. The molecule has 0 aliphatic rings. The fourth-order valence-corrected chi connectivity index (χ4v) is 1.28. The summed E-state index contributed by atoms with van der Waals surface area (Å²) in [5, 5.41) is 0.504. The Kier molecular flexibility index (Phi) is 3.13. The first-order chi connectivity index (χ1) is 7.24. The molecule has 2 rings (SSSR count). The van der Waals surface area contributed by atoms with Crippen LogP contribution in [0.4, 0.5) is 0 Å². The highest BCUT2D eigenvalue weighted by atomic mass is 79.9. The van der Waals surface area contributed by atoms with Crippen LogP contribution in [-0.2, 0) is 0 Å². The molecule has 0 bridgehead atoms. The van der Waals surface area contributed by atoms with Gasteiger partial charge in [0, 0.05) is 24.7 Å². The summed E-state index contributed by atoms with van der Waals surface area (Å²) in [5.74, 6) is 0.504. The third-order valence-electron chi connectivity index (χ3n) is 1.49. The van der Waals surface area contributed by atoms with Gasteiger partial charge in [0.15, 0.2) is 5.75 Å². The van der Waals surface area contributed by atoms with E-state index in [2.05, 4.69) is 30.9 Å². The van der Waals surface area contributed by atoms with Crippen molar-refractivity contribution in [3.63, 3.8) is 0 Å². The average molecular weight is 287 g/mol. The number of rotatable bonds is 2. The quantitative estimate of drug-likeness (QED) is 0.851. The summed E-state index contributed by atoms with van der Waals surface area (Å²) in [4.78, 5) is 11.8. The highest BCUT2D eigenvalue weighted by Gasteiger charge is 2.00. The van der Waals surface area contributed by atoms with E-state index >= 15 is 0 Å². The van der Waals surface area contributed by atoms with Crippen LogP contribution in [0, 0.1) is 0 Å². The van der Waals surface area contributed by atoms with Gasteiger partial charge >= 0.3 is 6.01 Å².